The van der Waals surface area contributed by atoms with Crippen LogP contribution in [0.25, 0.3) is 0 Å². The Morgan fingerprint density at radius 2 is 1.93 bits per heavy atom. The molecule has 0 aromatic carbocycles. The van der Waals surface area contributed by atoms with E-state index in [4.69, 9.17) is 0 Å². The van der Waals surface area contributed by atoms with Gasteiger partial charge in [-0.15, -0.1) is 0 Å². The molecular weight excluding hydrogens is 263 g/mol. The Morgan fingerprint density at radius 1 is 1.43 bits per heavy atom. The number of halogens is 4. The van der Waals surface area contributed by atoms with Crippen molar-refractivity contribution >= 4 is 21.8 Å². The van der Waals surface area contributed by atoms with Crippen molar-refractivity contribution in [3.8, 4) is 0 Å². The van der Waals surface area contributed by atoms with E-state index in [0.717, 1.165) is 4.90 Å². The smallest absolute Gasteiger partial charge is 0.333 e. The lowest BCUT2D eigenvalue weighted by molar-refractivity contribution is -0.160. The average molecular weight is 276 g/mol. The van der Waals surface area contributed by atoms with Gasteiger partial charge in [0, 0.05) is 6.54 Å². The normalized spacial score (nSPS) is 11.9. The Morgan fingerprint density at radius 3 is 2.21 bits per heavy atom. The van der Waals surface area contributed by atoms with Gasteiger partial charge in [-0.3, -0.25) is 4.79 Å². The third kappa shape index (κ3) is 6.23. The molecule has 0 fully saturated rings. The molecule has 0 unspecified atom stereocenters. The van der Waals surface area contributed by atoms with Crippen LogP contribution in [-0.2, 0) is 4.79 Å². The quantitative estimate of drug-likeness (QED) is 0.722. The van der Waals surface area contributed by atoms with Crippen LogP contribution in [0.5, 0.6) is 0 Å². The van der Waals surface area contributed by atoms with Crippen LogP contribution < -0.4 is 0 Å². The summed E-state index contributed by atoms with van der Waals surface area (Å²) >= 11 is 2.85. The highest BCUT2D eigenvalue weighted by Gasteiger charge is 2.32. The molecule has 0 saturated heterocycles. The van der Waals surface area contributed by atoms with Crippen LogP contribution in [0.15, 0.2) is 0 Å². The number of alkyl halides is 4. The molecule has 0 heterocycles. The minimum absolute atomic E-state index is 0.0281. The van der Waals surface area contributed by atoms with Gasteiger partial charge in [0.25, 0.3) is 0 Å². The SMILES string of the molecule is CC(C)CN(CC(F)(F)F)C(=O)CBr. The van der Waals surface area contributed by atoms with Crippen LogP contribution in [0.3, 0.4) is 0 Å². The maximum atomic E-state index is 12.0. The lowest BCUT2D eigenvalue weighted by Gasteiger charge is -2.24. The number of amides is 1. The largest absolute Gasteiger partial charge is 0.406 e. The second-order valence-corrected chi connectivity index (χ2v) is 3.98. The van der Waals surface area contributed by atoms with Gasteiger partial charge in [-0.25, -0.2) is 0 Å². The number of carbonyl (C=O) groups excluding carboxylic acids is 1. The fraction of sp³-hybridized carbons (Fsp3) is 0.875. The highest BCUT2D eigenvalue weighted by molar-refractivity contribution is 9.09. The highest BCUT2D eigenvalue weighted by atomic mass is 79.9. The number of nitrogens with zero attached hydrogens (tertiary/aromatic N) is 1. The minimum Gasteiger partial charge on any atom is -0.333 e. The zero-order chi connectivity index (χ0) is 11.4. The summed E-state index contributed by atoms with van der Waals surface area (Å²) in [5, 5.41) is -0.0736. The van der Waals surface area contributed by atoms with Gasteiger partial charge in [0.15, 0.2) is 0 Å². The number of hydrogen-bond donors (Lipinski definition) is 0. The van der Waals surface area contributed by atoms with Crippen LogP contribution in [0.2, 0.25) is 0 Å². The van der Waals surface area contributed by atoms with Crippen molar-refractivity contribution in [2.24, 2.45) is 5.92 Å². The molecule has 6 heteroatoms. The maximum absolute atomic E-state index is 12.0. The molecule has 14 heavy (non-hydrogen) atoms. The Kier molecular flexibility index (Phi) is 5.48. The number of carbonyl (C=O) groups is 1. The van der Waals surface area contributed by atoms with Gasteiger partial charge in [0.05, 0.1) is 5.33 Å². The summed E-state index contributed by atoms with van der Waals surface area (Å²) in [6.45, 7) is 2.50. The van der Waals surface area contributed by atoms with E-state index in [9.17, 15) is 18.0 Å². The van der Waals surface area contributed by atoms with Crippen LogP contribution in [0.4, 0.5) is 13.2 Å². The predicted molar refractivity (Wildman–Crippen MR) is 51.3 cm³/mol. The topological polar surface area (TPSA) is 20.3 Å². The molecule has 0 aliphatic heterocycles. The monoisotopic (exact) mass is 275 g/mol. The first kappa shape index (κ1) is 13.7. The fourth-order valence-electron chi connectivity index (χ4n) is 0.996. The number of hydrogen-bond acceptors (Lipinski definition) is 1. The average Bonchev–Trinajstić information content (AvgIpc) is 1.98. The maximum Gasteiger partial charge on any atom is 0.406 e. The van der Waals surface area contributed by atoms with E-state index in [-0.39, 0.29) is 17.8 Å². The van der Waals surface area contributed by atoms with Crippen molar-refractivity contribution in [3.05, 3.63) is 0 Å². The van der Waals surface area contributed by atoms with Gasteiger partial charge in [0.1, 0.15) is 6.54 Å². The summed E-state index contributed by atoms with van der Waals surface area (Å²) < 4.78 is 36.1. The standard InChI is InChI=1S/C8H13BrF3NO/c1-6(2)4-13(7(14)3-9)5-8(10,11)12/h6H,3-5H2,1-2H3. The first-order chi connectivity index (χ1) is 6.26. The second-order valence-electron chi connectivity index (χ2n) is 3.42. The molecule has 0 aliphatic rings. The Bertz CT molecular complexity index is 194. The van der Waals surface area contributed by atoms with E-state index in [0.29, 0.717) is 0 Å². The first-order valence-electron chi connectivity index (χ1n) is 4.16. The molecule has 0 rings (SSSR count). The Hall–Kier alpha value is -0.260. The van der Waals surface area contributed by atoms with Crippen molar-refractivity contribution in [3.63, 3.8) is 0 Å². The van der Waals surface area contributed by atoms with E-state index in [1.807, 2.05) is 0 Å². The molecule has 0 N–H and O–H groups in total. The van der Waals surface area contributed by atoms with Crippen LogP contribution in [-0.4, -0.2) is 35.4 Å². The third-order valence-corrected chi connectivity index (χ3v) is 1.90. The molecule has 0 aromatic rings. The van der Waals surface area contributed by atoms with Gasteiger partial charge in [0.2, 0.25) is 5.91 Å². The van der Waals surface area contributed by atoms with Crippen LogP contribution >= 0.6 is 15.9 Å². The molecule has 0 bridgehead atoms. The predicted octanol–water partition coefficient (Wildman–Crippen LogP) is 2.43. The molecular formula is C8H13BrF3NO. The van der Waals surface area contributed by atoms with Crippen LogP contribution in [0, 0.1) is 5.92 Å². The summed E-state index contributed by atoms with van der Waals surface area (Å²) in [5.41, 5.74) is 0. The van der Waals surface area contributed by atoms with Crippen molar-refractivity contribution < 1.29 is 18.0 Å². The molecule has 0 aliphatic carbocycles. The molecule has 0 aromatic heterocycles. The van der Waals surface area contributed by atoms with E-state index < -0.39 is 18.6 Å². The fourth-order valence-corrected chi connectivity index (χ4v) is 1.35. The summed E-state index contributed by atoms with van der Waals surface area (Å²) in [4.78, 5) is 11.9. The molecule has 0 radical (unpaired) electrons. The first-order valence-corrected chi connectivity index (χ1v) is 5.29. The Balaban J connectivity index is 4.33. The lowest BCUT2D eigenvalue weighted by atomic mass is 10.2. The number of rotatable bonds is 4. The van der Waals surface area contributed by atoms with Crippen LogP contribution in [0.1, 0.15) is 13.8 Å². The van der Waals surface area contributed by atoms with E-state index in [1.165, 1.54) is 0 Å². The molecule has 2 nitrogen and oxygen atoms in total. The second kappa shape index (κ2) is 5.58. The van der Waals surface area contributed by atoms with Crippen molar-refractivity contribution in [1.82, 2.24) is 4.90 Å². The van der Waals surface area contributed by atoms with Gasteiger partial charge in [-0.1, -0.05) is 29.8 Å². The van der Waals surface area contributed by atoms with Crippen molar-refractivity contribution in [2.45, 2.75) is 20.0 Å². The third-order valence-electron chi connectivity index (χ3n) is 1.42. The van der Waals surface area contributed by atoms with Crippen molar-refractivity contribution in [2.75, 3.05) is 18.4 Å². The van der Waals surface area contributed by atoms with Gasteiger partial charge >= 0.3 is 6.18 Å². The highest BCUT2D eigenvalue weighted by Crippen LogP contribution is 2.17. The zero-order valence-electron chi connectivity index (χ0n) is 8.07. The lowest BCUT2D eigenvalue weighted by Crippen LogP contribution is -2.41. The van der Waals surface area contributed by atoms with E-state index in [1.54, 1.807) is 13.8 Å². The summed E-state index contributed by atoms with van der Waals surface area (Å²) in [7, 11) is 0. The molecule has 84 valence electrons. The Labute approximate surface area is 89.6 Å². The van der Waals surface area contributed by atoms with Crippen molar-refractivity contribution in [1.29, 1.82) is 0 Å². The van der Waals surface area contributed by atoms with Gasteiger partial charge < -0.3 is 4.90 Å². The molecule has 0 atom stereocenters. The molecule has 1 amide bonds. The molecule has 0 saturated carbocycles. The molecule has 0 spiro atoms. The zero-order valence-corrected chi connectivity index (χ0v) is 9.65. The summed E-state index contributed by atoms with van der Waals surface area (Å²) in [6, 6.07) is 0. The van der Waals surface area contributed by atoms with Gasteiger partial charge in [-0.05, 0) is 5.92 Å². The summed E-state index contributed by atoms with van der Waals surface area (Å²) in [5.74, 6) is -0.503. The minimum atomic E-state index is -4.33. The summed E-state index contributed by atoms with van der Waals surface area (Å²) in [6.07, 6.45) is -4.33. The van der Waals surface area contributed by atoms with E-state index >= 15 is 0 Å². The van der Waals surface area contributed by atoms with E-state index in [2.05, 4.69) is 15.9 Å². The van der Waals surface area contributed by atoms with Gasteiger partial charge in [-0.2, -0.15) is 13.2 Å².